The summed E-state index contributed by atoms with van der Waals surface area (Å²) in [5.74, 6) is 0.0605. The predicted molar refractivity (Wildman–Crippen MR) is 80.3 cm³/mol. The van der Waals surface area contributed by atoms with Gasteiger partial charge in [-0.2, -0.15) is 0 Å². The van der Waals surface area contributed by atoms with Crippen molar-refractivity contribution < 1.29 is 9.59 Å². The molecule has 1 fully saturated rings. The summed E-state index contributed by atoms with van der Waals surface area (Å²) in [5.41, 5.74) is 5.90. The first-order chi connectivity index (χ1) is 9.31. The van der Waals surface area contributed by atoms with Crippen molar-refractivity contribution in [2.45, 2.75) is 64.6 Å². The molecule has 1 unspecified atom stereocenters. The molecule has 0 aromatic heterocycles. The van der Waals surface area contributed by atoms with Gasteiger partial charge in [-0.3, -0.25) is 14.5 Å². The Morgan fingerprint density at radius 3 is 2.25 bits per heavy atom. The topological polar surface area (TPSA) is 75.4 Å². The Bertz CT molecular complexity index is 336. The molecule has 3 N–H and O–H groups in total. The molecule has 5 nitrogen and oxygen atoms in total. The summed E-state index contributed by atoms with van der Waals surface area (Å²) in [5, 5.41) is 2.84. The minimum Gasteiger partial charge on any atom is -0.345 e. The molecular weight excluding hydrogens is 254 g/mol. The molecule has 1 saturated carbocycles. The lowest BCUT2D eigenvalue weighted by molar-refractivity contribution is -0.128. The number of nitrogens with one attached hydrogen (secondary N) is 1. The van der Waals surface area contributed by atoms with Crippen molar-refractivity contribution in [3.8, 4) is 0 Å². The van der Waals surface area contributed by atoms with E-state index < -0.39 is 0 Å². The van der Waals surface area contributed by atoms with Gasteiger partial charge in [-0.15, -0.1) is 0 Å². The maximum Gasteiger partial charge on any atom is 0.234 e. The lowest BCUT2D eigenvalue weighted by atomic mass is 9.91. The van der Waals surface area contributed by atoms with E-state index >= 15 is 0 Å². The number of Topliss-reactive ketones (excluding diaryl/α,β-unsaturated/α-hetero) is 1. The minimum absolute atomic E-state index is 0.0136. The van der Waals surface area contributed by atoms with Crippen LogP contribution in [0.15, 0.2) is 0 Å². The van der Waals surface area contributed by atoms with E-state index in [1.54, 1.807) is 0 Å². The van der Waals surface area contributed by atoms with Crippen LogP contribution >= 0.6 is 0 Å². The lowest BCUT2D eigenvalue weighted by Gasteiger charge is -2.33. The van der Waals surface area contributed by atoms with Crippen LogP contribution in [-0.2, 0) is 9.59 Å². The van der Waals surface area contributed by atoms with Gasteiger partial charge in [0.05, 0.1) is 12.6 Å². The molecule has 5 heteroatoms. The van der Waals surface area contributed by atoms with Gasteiger partial charge in [0.2, 0.25) is 5.91 Å². The zero-order valence-electron chi connectivity index (χ0n) is 13.2. The number of hydrogen-bond acceptors (Lipinski definition) is 4. The highest BCUT2D eigenvalue weighted by molar-refractivity contribution is 5.88. The number of carbonyl (C=O) groups is 2. The number of amides is 1. The molecule has 20 heavy (non-hydrogen) atoms. The maximum atomic E-state index is 12.1. The average Bonchev–Trinajstić information content (AvgIpc) is 2.35. The average molecular weight is 283 g/mol. The van der Waals surface area contributed by atoms with E-state index in [1.165, 1.54) is 6.92 Å². The molecule has 1 aliphatic carbocycles. The van der Waals surface area contributed by atoms with Gasteiger partial charge in [0, 0.05) is 12.1 Å². The number of nitrogens with zero attached hydrogens (tertiary/aromatic N) is 1. The normalized spacial score (nSPS) is 24.8. The smallest absolute Gasteiger partial charge is 0.234 e. The zero-order chi connectivity index (χ0) is 15.3. The minimum atomic E-state index is -0.379. The monoisotopic (exact) mass is 283 g/mol. The van der Waals surface area contributed by atoms with Gasteiger partial charge in [-0.1, -0.05) is 13.8 Å². The van der Waals surface area contributed by atoms with Crippen molar-refractivity contribution >= 4 is 11.7 Å². The van der Waals surface area contributed by atoms with Crippen molar-refractivity contribution in [1.29, 1.82) is 0 Å². The lowest BCUT2D eigenvalue weighted by Crippen LogP contribution is -2.49. The van der Waals surface area contributed by atoms with Gasteiger partial charge >= 0.3 is 0 Å². The Balaban J connectivity index is 2.43. The molecule has 0 aromatic rings. The van der Waals surface area contributed by atoms with Crippen molar-refractivity contribution in [2.24, 2.45) is 11.7 Å². The van der Waals surface area contributed by atoms with E-state index in [9.17, 15) is 9.59 Å². The molecule has 0 aliphatic heterocycles. The summed E-state index contributed by atoms with van der Waals surface area (Å²) in [6.07, 6.45) is 4.15. The number of likely N-dealkylation sites (N-methyl/N-ethyl adjacent to an activating group) is 1. The van der Waals surface area contributed by atoms with E-state index in [-0.39, 0.29) is 23.7 Å². The van der Waals surface area contributed by atoms with Crippen molar-refractivity contribution in [2.75, 3.05) is 13.6 Å². The van der Waals surface area contributed by atoms with Crippen molar-refractivity contribution in [3.63, 3.8) is 0 Å². The molecule has 0 saturated heterocycles. The van der Waals surface area contributed by atoms with Crippen LogP contribution in [0, 0.1) is 5.92 Å². The number of rotatable bonds is 6. The van der Waals surface area contributed by atoms with Crippen LogP contribution < -0.4 is 11.1 Å². The summed E-state index contributed by atoms with van der Waals surface area (Å²) in [4.78, 5) is 25.6. The Morgan fingerprint density at radius 1 is 1.25 bits per heavy atom. The molecule has 116 valence electrons. The maximum absolute atomic E-state index is 12.1. The first-order valence-corrected chi connectivity index (χ1v) is 7.57. The van der Waals surface area contributed by atoms with Crippen LogP contribution in [0.2, 0.25) is 0 Å². The van der Waals surface area contributed by atoms with Gasteiger partial charge in [0.25, 0.3) is 0 Å². The fourth-order valence-corrected chi connectivity index (χ4v) is 2.85. The van der Waals surface area contributed by atoms with E-state index in [0.29, 0.717) is 18.6 Å². The summed E-state index contributed by atoms with van der Waals surface area (Å²) in [7, 11) is 1.97. The Hall–Kier alpha value is -0.940. The van der Waals surface area contributed by atoms with Crippen molar-refractivity contribution in [1.82, 2.24) is 10.2 Å². The highest BCUT2D eigenvalue weighted by atomic mass is 16.2. The van der Waals surface area contributed by atoms with Gasteiger partial charge in [0.15, 0.2) is 5.78 Å². The molecule has 0 aromatic carbocycles. The second kappa shape index (κ2) is 7.74. The van der Waals surface area contributed by atoms with Crippen LogP contribution in [0.25, 0.3) is 0 Å². The van der Waals surface area contributed by atoms with Crippen LogP contribution in [0.1, 0.15) is 46.5 Å². The molecular formula is C15H29N3O2. The van der Waals surface area contributed by atoms with E-state index in [0.717, 1.165) is 25.7 Å². The molecule has 0 bridgehead atoms. The Morgan fingerprint density at radius 2 is 1.80 bits per heavy atom. The first kappa shape index (κ1) is 17.1. The van der Waals surface area contributed by atoms with Gasteiger partial charge in [-0.25, -0.2) is 0 Å². The summed E-state index contributed by atoms with van der Waals surface area (Å²) < 4.78 is 0. The van der Waals surface area contributed by atoms with Crippen LogP contribution in [-0.4, -0.2) is 48.3 Å². The third kappa shape index (κ3) is 5.21. The van der Waals surface area contributed by atoms with Crippen LogP contribution in [0.3, 0.4) is 0 Å². The standard InChI is InChI=1S/C15H29N3O2/c1-10(2)15(11(3)19)17-14(20)9-18(4)13-7-5-12(16)6-8-13/h10,12-13,15H,5-9,16H2,1-4H3,(H,17,20). The van der Waals surface area contributed by atoms with Gasteiger partial charge < -0.3 is 11.1 Å². The van der Waals surface area contributed by atoms with Crippen LogP contribution in [0.4, 0.5) is 0 Å². The highest BCUT2D eigenvalue weighted by Gasteiger charge is 2.25. The number of carbonyl (C=O) groups excluding carboxylic acids is 2. The largest absolute Gasteiger partial charge is 0.345 e. The quantitative estimate of drug-likeness (QED) is 0.760. The number of nitrogens with two attached hydrogens (primary N) is 1. The van der Waals surface area contributed by atoms with Gasteiger partial charge in [-0.05, 0) is 45.6 Å². The highest BCUT2D eigenvalue weighted by Crippen LogP contribution is 2.20. The SMILES string of the molecule is CC(=O)C(NC(=O)CN(C)C1CCC(N)CC1)C(C)C. The van der Waals surface area contributed by atoms with E-state index in [4.69, 9.17) is 5.73 Å². The summed E-state index contributed by atoms with van der Waals surface area (Å²) >= 11 is 0. The van der Waals surface area contributed by atoms with E-state index in [2.05, 4.69) is 10.2 Å². The Kier molecular flexibility index (Phi) is 6.62. The van der Waals surface area contributed by atoms with Crippen molar-refractivity contribution in [3.05, 3.63) is 0 Å². The zero-order valence-corrected chi connectivity index (χ0v) is 13.2. The second-order valence-corrected chi connectivity index (χ2v) is 6.38. The fourth-order valence-electron chi connectivity index (χ4n) is 2.85. The van der Waals surface area contributed by atoms with E-state index in [1.807, 2.05) is 20.9 Å². The first-order valence-electron chi connectivity index (χ1n) is 7.57. The molecule has 1 atom stereocenters. The molecule has 0 spiro atoms. The molecule has 0 heterocycles. The third-order valence-electron chi connectivity index (χ3n) is 4.18. The molecule has 1 rings (SSSR count). The third-order valence-corrected chi connectivity index (χ3v) is 4.18. The number of ketones is 1. The second-order valence-electron chi connectivity index (χ2n) is 6.38. The molecule has 1 aliphatic rings. The number of hydrogen-bond donors (Lipinski definition) is 2. The van der Waals surface area contributed by atoms with Gasteiger partial charge in [0.1, 0.15) is 0 Å². The van der Waals surface area contributed by atoms with Crippen LogP contribution in [0.5, 0.6) is 0 Å². The summed E-state index contributed by atoms with van der Waals surface area (Å²) in [6, 6.07) is 0.363. The molecule has 1 amide bonds. The fraction of sp³-hybridized carbons (Fsp3) is 0.867. The molecule has 0 radical (unpaired) electrons. The Labute approximate surface area is 122 Å². The predicted octanol–water partition coefficient (Wildman–Crippen LogP) is 0.918. The summed E-state index contributed by atoms with van der Waals surface area (Å²) in [6.45, 7) is 5.75.